The van der Waals surface area contributed by atoms with Gasteiger partial charge in [-0.25, -0.2) is 0 Å². The molecule has 1 unspecified atom stereocenters. The van der Waals surface area contributed by atoms with E-state index in [1.807, 2.05) is 31.2 Å². The number of aromatic nitrogens is 1. The number of benzene rings is 1. The molecule has 1 aromatic carbocycles. The predicted octanol–water partition coefficient (Wildman–Crippen LogP) is 3.24. The number of nitrogens with zero attached hydrogens (tertiary/aromatic N) is 3. The Morgan fingerprint density at radius 1 is 1.13 bits per heavy atom. The molecule has 1 N–H and O–H groups in total. The van der Waals surface area contributed by atoms with E-state index >= 15 is 0 Å². The molecule has 2 aromatic rings. The Labute approximate surface area is 183 Å². The normalized spacial score (nSPS) is 18.1. The summed E-state index contributed by atoms with van der Waals surface area (Å²) in [4.78, 5) is 33.7. The SMILES string of the molecule is CCOc1cccc(C2C(=C(O)c3ccncc3)C(=O)C(=O)N2CCN(CC)CC)c1. The molecule has 31 heavy (non-hydrogen) atoms. The van der Waals surface area contributed by atoms with Gasteiger partial charge in [-0.3, -0.25) is 14.6 Å². The van der Waals surface area contributed by atoms with Gasteiger partial charge < -0.3 is 19.6 Å². The molecule has 0 spiro atoms. The molecule has 3 rings (SSSR count). The number of hydrogen-bond acceptors (Lipinski definition) is 6. The highest BCUT2D eigenvalue weighted by Gasteiger charge is 2.46. The first kappa shape index (κ1) is 22.5. The number of rotatable bonds is 9. The summed E-state index contributed by atoms with van der Waals surface area (Å²) >= 11 is 0. The van der Waals surface area contributed by atoms with Crippen molar-refractivity contribution in [3.63, 3.8) is 0 Å². The van der Waals surface area contributed by atoms with E-state index in [1.54, 1.807) is 17.0 Å². The number of pyridine rings is 1. The van der Waals surface area contributed by atoms with Crippen molar-refractivity contribution in [3.05, 3.63) is 65.5 Å². The molecule has 0 bridgehead atoms. The van der Waals surface area contributed by atoms with E-state index in [0.29, 0.717) is 31.0 Å². The first-order valence-electron chi connectivity index (χ1n) is 10.7. The minimum Gasteiger partial charge on any atom is -0.507 e. The van der Waals surface area contributed by atoms with Crippen molar-refractivity contribution in [1.82, 2.24) is 14.8 Å². The van der Waals surface area contributed by atoms with E-state index in [2.05, 4.69) is 23.7 Å². The Morgan fingerprint density at radius 2 is 1.84 bits per heavy atom. The van der Waals surface area contributed by atoms with Crippen LogP contribution < -0.4 is 4.74 Å². The van der Waals surface area contributed by atoms with Crippen molar-refractivity contribution in [1.29, 1.82) is 0 Å². The molecule has 7 nitrogen and oxygen atoms in total. The summed E-state index contributed by atoms with van der Waals surface area (Å²) in [5.74, 6) is -0.827. The third kappa shape index (κ3) is 4.77. The summed E-state index contributed by atoms with van der Waals surface area (Å²) in [7, 11) is 0. The molecule has 0 saturated carbocycles. The van der Waals surface area contributed by atoms with E-state index in [-0.39, 0.29) is 11.3 Å². The Morgan fingerprint density at radius 3 is 2.48 bits per heavy atom. The average Bonchev–Trinajstić information content (AvgIpc) is 3.05. The smallest absolute Gasteiger partial charge is 0.295 e. The molecule has 1 aliphatic heterocycles. The van der Waals surface area contributed by atoms with E-state index < -0.39 is 17.7 Å². The zero-order valence-electron chi connectivity index (χ0n) is 18.2. The zero-order chi connectivity index (χ0) is 22.4. The number of Topliss-reactive ketones (excluding diaryl/α,β-unsaturated/α-hetero) is 1. The number of aliphatic hydroxyl groups excluding tert-OH is 1. The van der Waals surface area contributed by atoms with Crippen LogP contribution in [0.25, 0.3) is 5.76 Å². The summed E-state index contributed by atoms with van der Waals surface area (Å²) < 4.78 is 5.62. The van der Waals surface area contributed by atoms with E-state index in [1.165, 1.54) is 12.4 Å². The molecule has 1 aliphatic rings. The second-order valence-corrected chi connectivity index (χ2v) is 7.26. The maximum absolute atomic E-state index is 13.0. The molecule has 164 valence electrons. The quantitative estimate of drug-likeness (QED) is 0.379. The fourth-order valence-electron chi connectivity index (χ4n) is 3.85. The maximum atomic E-state index is 13.0. The summed E-state index contributed by atoms with van der Waals surface area (Å²) in [6.07, 6.45) is 3.08. The molecule has 7 heteroatoms. The van der Waals surface area contributed by atoms with Gasteiger partial charge >= 0.3 is 0 Å². The van der Waals surface area contributed by atoms with Crippen molar-refractivity contribution < 1.29 is 19.4 Å². The van der Waals surface area contributed by atoms with Gasteiger partial charge in [-0.15, -0.1) is 0 Å². The number of ketones is 1. The number of carbonyl (C=O) groups excluding carboxylic acids is 2. The minimum absolute atomic E-state index is 0.0874. The van der Waals surface area contributed by atoms with Crippen LogP contribution in [0.3, 0.4) is 0 Å². The molecule has 1 fully saturated rings. The third-order valence-electron chi connectivity index (χ3n) is 5.53. The van der Waals surface area contributed by atoms with Crippen molar-refractivity contribution in [3.8, 4) is 5.75 Å². The topological polar surface area (TPSA) is 83.0 Å². The fourth-order valence-corrected chi connectivity index (χ4v) is 3.85. The minimum atomic E-state index is -0.691. The van der Waals surface area contributed by atoms with Gasteiger partial charge in [-0.1, -0.05) is 26.0 Å². The monoisotopic (exact) mass is 423 g/mol. The van der Waals surface area contributed by atoms with Crippen LogP contribution in [-0.4, -0.2) is 64.4 Å². The summed E-state index contributed by atoms with van der Waals surface area (Å²) in [6.45, 7) is 9.23. The third-order valence-corrected chi connectivity index (χ3v) is 5.53. The molecule has 1 aromatic heterocycles. The molecular formula is C24H29N3O4. The summed E-state index contributed by atoms with van der Waals surface area (Å²) in [5, 5.41) is 11.0. The van der Waals surface area contributed by atoms with Gasteiger partial charge in [-0.2, -0.15) is 0 Å². The van der Waals surface area contributed by atoms with Crippen LogP contribution >= 0.6 is 0 Å². The largest absolute Gasteiger partial charge is 0.507 e. The maximum Gasteiger partial charge on any atom is 0.295 e. The lowest BCUT2D eigenvalue weighted by molar-refractivity contribution is -0.140. The van der Waals surface area contributed by atoms with Crippen molar-refractivity contribution in [2.24, 2.45) is 0 Å². The Hall–Kier alpha value is -3.19. The first-order chi connectivity index (χ1) is 15.0. The molecule has 1 saturated heterocycles. The number of carbonyl (C=O) groups is 2. The number of likely N-dealkylation sites (N-methyl/N-ethyl adjacent to an activating group) is 1. The van der Waals surface area contributed by atoms with Crippen LogP contribution in [-0.2, 0) is 9.59 Å². The van der Waals surface area contributed by atoms with Gasteiger partial charge in [0.2, 0.25) is 0 Å². The van der Waals surface area contributed by atoms with Gasteiger partial charge in [0.05, 0.1) is 18.2 Å². The van der Waals surface area contributed by atoms with Crippen LogP contribution in [0.5, 0.6) is 5.75 Å². The molecule has 0 aliphatic carbocycles. The zero-order valence-corrected chi connectivity index (χ0v) is 18.2. The summed E-state index contributed by atoms with van der Waals surface area (Å²) in [6, 6.07) is 9.88. The number of likely N-dealkylation sites (tertiary alicyclic amines) is 1. The first-order valence-corrected chi connectivity index (χ1v) is 10.7. The Bertz CT molecular complexity index is 954. The summed E-state index contributed by atoms with van der Waals surface area (Å²) in [5.41, 5.74) is 1.26. The van der Waals surface area contributed by atoms with E-state index in [0.717, 1.165) is 18.7 Å². The van der Waals surface area contributed by atoms with Crippen molar-refractivity contribution in [2.75, 3.05) is 32.8 Å². The number of hydrogen-bond donors (Lipinski definition) is 1. The molecule has 2 heterocycles. The number of ether oxygens (including phenoxy) is 1. The predicted molar refractivity (Wildman–Crippen MR) is 119 cm³/mol. The number of amides is 1. The Kier molecular flexibility index (Phi) is 7.41. The molecule has 1 amide bonds. The van der Waals surface area contributed by atoms with Gasteiger partial charge in [0.1, 0.15) is 11.5 Å². The van der Waals surface area contributed by atoms with E-state index in [4.69, 9.17) is 4.74 Å². The standard InChI is InChI=1S/C24H29N3O4/c1-4-26(5-2)14-15-27-21(18-8-7-9-19(16-18)31-6-3)20(23(29)24(27)30)22(28)17-10-12-25-13-11-17/h7-13,16,21,28H,4-6,14-15H2,1-3H3. The van der Waals surface area contributed by atoms with Gasteiger partial charge in [0, 0.05) is 31.0 Å². The molecule has 1 atom stereocenters. The van der Waals surface area contributed by atoms with Gasteiger partial charge in [0.25, 0.3) is 11.7 Å². The van der Waals surface area contributed by atoms with Crippen molar-refractivity contribution in [2.45, 2.75) is 26.8 Å². The second kappa shape index (κ2) is 10.2. The molecular weight excluding hydrogens is 394 g/mol. The second-order valence-electron chi connectivity index (χ2n) is 7.26. The van der Waals surface area contributed by atoms with Gasteiger partial charge in [-0.05, 0) is 49.8 Å². The van der Waals surface area contributed by atoms with Gasteiger partial charge in [0.15, 0.2) is 0 Å². The highest BCUT2D eigenvalue weighted by molar-refractivity contribution is 6.46. The highest BCUT2D eigenvalue weighted by atomic mass is 16.5. The lowest BCUT2D eigenvalue weighted by Gasteiger charge is -2.28. The van der Waals surface area contributed by atoms with E-state index in [9.17, 15) is 14.7 Å². The lowest BCUT2D eigenvalue weighted by Crippen LogP contribution is -2.38. The fraction of sp³-hybridized carbons (Fsp3) is 0.375. The molecule has 0 radical (unpaired) electrons. The van der Waals surface area contributed by atoms with Crippen LogP contribution in [0.2, 0.25) is 0 Å². The van der Waals surface area contributed by atoms with Crippen LogP contribution in [0.15, 0.2) is 54.4 Å². The van der Waals surface area contributed by atoms with Crippen LogP contribution in [0, 0.1) is 0 Å². The number of aliphatic hydroxyl groups is 1. The average molecular weight is 424 g/mol. The lowest BCUT2D eigenvalue weighted by atomic mass is 9.95. The Balaban J connectivity index is 2.09. The van der Waals surface area contributed by atoms with Crippen LogP contribution in [0.4, 0.5) is 0 Å². The highest BCUT2D eigenvalue weighted by Crippen LogP contribution is 2.40. The van der Waals surface area contributed by atoms with Crippen LogP contribution in [0.1, 0.15) is 37.9 Å². The van der Waals surface area contributed by atoms with Crippen molar-refractivity contribution >= 4 is 17.4 Å².